The number of anilines is 1. The van der Waals surface area contributed by atoms with Gasteiger partial charge in [-0.1, -0.05) is 0 Å². The fourth-order valence-electron chi connectivity index (χ4n) is 3.30. The van der Waals surface area contributed by atoms with Gasteiger partial charge in [-0.25, -0.2) is 8.42 Å². The van der Waals surface area contributed by atoms with Crippen molar-refractivity contribution in [2.24, 2.45) is 0 Å². The first-order chi connectivity index (χ1) is 13.5. The number of carbonyl (C=O) groups is 1. The van der Waals surface area contributed by atoms with E-state index < -0.39 is 10.0 Å². The molecule has 0 aliphatic carbocycles. The summed E-state index contributed by atoms with van der Waals surface area (Å²) in [6.07, 6.45) is 2.58. The second-order valence-electron chi connectivity index (χ2n) is 6.80. The Labute approximate surface area is 164 Å². The van der Waals surface area contributed by atoms with Gasteiger partial charge in [-0.15, -0.1) is 0 Å². The van der Waals surface area contributed by atoms with E-state index in [9.17, 15) is 13.2 Å². The molecule has 8 heteroatoms. The van der Waals surface area contributed by atoms with Gasteiger partial charge in [0.1, 0.15) is 0 Å². The quantitative estimate of drug-likeness (QED) is 0.850. The summed E-state index contributed by atoms with van der Waals surface area (Å²) in [5.74, 6) is 0.939. The Morgan fingerprint density at radius 1 is 0.893 bits per heavy atom. The lowest BCUT2D eigenvalue weighted by atomic mass is 10.2. The molecular weight excluding hydrogens is 380 g/mol. The van der Waals surface area contributed by atoms with Crippen molar-refractivity contribution in [1.82, 2.24) is 4.31 Å². The minimum Gasteiger partial charge on any atom is -0.490 e. The second-order valence-corrected chi connectivity index (χ2v) is 8.74. The van der Waals surface area contributed by atoms with Gasteiger partial charge in [0.2, 0.25) is 10.0 Å². The third-order valence-electron chi connectivity index (χ3n) is 4.82. The second kappa shape index (κ2) is 7.81. The number of hydrogen-bond acceptors (Lipinski definition) is 5. The zero-order chi connectivity index (χ0) is 19.6. The molecule has 7 nitrogen and oxygen atoms in total. The average Bonchev–Trinajstić information content (AvgIpc) is 3.15. The Balaban J connectivity index is 1.47. The topological polar surface area (TPSA) is 84.9 Å². The largest absolute Gasteiger partial charge is 0.490 e. The molecule has 1 amide bonds. The van der Waals surface area contributed by atoms with Crippen LogP contribution in [0.1, 0.15) is 29.6 Å². The molecule has 4 rings (SSSR count). The fraction of sp³-hybridized carbons (Fsp3) is 0.350. The number of nitrogens with one attached hydrogen (secondary N) is 1. The van der Waals surface area contributed by atoms with Gasteiger partial charge in [-0.2, -0.15) is 4.31 Å². The van der Waals surface area contributed by atoms with Gasteiger partial charge in [0, 0.05) is 36.8 Å². The summed E-state index contributed by atoms with van der Waals surface area (Å²) in [6.45, 7) is 2.27. The molecule has 0 atom stereocenters. The van der Waals surface area contributed by atoms with Gasteiger partial charge in [-0.3, -0.25) is 4.79 Å². The number of amides is 1. The van der Waals surface area contributed by atoms with Crippen LogP contribution in [0.25, 0.3) is 0 Å². The number of ether oxygens (including phenoxy) is 2. The third kappa shape index (κ3) is 3.83. The zero-order valence-corrected chi connectivity index (χ0v) is 16.2. The minimum absolute atomic E-state index is 0.210. The van der Waals surface area contributed by atoms with Crippen LogP contribution >= 0.6 is 0 Å². The number of sulfonamides is 1. The highest BCUT2D eigenvalue weighted by Crippen LogP contribution is 2.32. The van der Waals surface area contributed by atoms with Crippen LogP contribution in [0, 0.1) is 0 Å². The molecule has 1 saturated heterocycles. The Kier molecular flexibility index (Phi) is 5.23. The highest BCUT2D eigenvalue weighted by molar-refractivity contribution is 7.89. The molecule has 2 heterocycles. The maximum absolute atomic E-state index is 12.6. The van der Waals surface area contributed by atoms with Crippen LogP contribution in [0.15, 0.2) is 47.4 Å². The lowest BCUT2D eigenvalue weighted by molar-refractivity contribution is 0.102. The van der Waals surface area contributed by atoms with Crippen molar-refractivity contribution in [2.75, 3.05) is 31.6 Å². The SMILES string of the molecule is O=C(Nc1ccc2c(c1)OCCCO2)c1ccc(S(=O)(=O)N2CCCC2)cc1. The van der Waals surface area contributed by atoms with Crippen molar-refractivity contribution >= 4 is 21.6 Å². The molecule has 1 N–H and O–H groups in total. The molecule has 0 spiro atoms. The molecule has 0 saturated carbocycles. The maximum atomic E-state index is 12.6. The summed E-state index contributed by atoms with van der Waals surface area (Å²) in [6, 6.07) is 11.3. The molecule has 0 aromatic heterocycles. The maximum Gasteiger partial charge on any atom is 0.255 e. The van der Waals surface area contributed by atoms with Gasteiger partial charge in [0.15, 0.2) is 11.5 Å². The molecule has 148 valence electrons. The lowest BCUT2D eigenvalue weighted by Gasteiger charge is -2.15. The summed E-state index contributed by atoms with van der Waals surface area (Å²) >= 11 is 0. The van der Waals surface area contributed by atoms with Crippen LogP contribution in [0.2, 0.25) is 0 Å². The predicted octanol–water partition coefficient (Wildman–Crippen LogP) is 2.88. The van der Waals surface area contributed by atoms with Crippen LogP contribution in [-0.2, 0) is 10.0 Å². The number of hydrogen-bond donors (Lipinski definition) is 1. The molecule has 2 aliphatic heterocycles. The first-order valence-electron chi connectivity index (χ1n) is 9.35. The van der Waals surface area contributed by atoms with Gasteiger partial charge in [-0.05, 0) is 49.2 Å². The van der Waals surface area contributed by atoms with Crippen LogP contribution in [0.4, 0.5) is 5.69 Å². The first-order valence-corrected chi connectivity index (χ1v) is 10.8. The van der Waals surface area contributed by atoms with Crippen LogP contribution in [-0.4, -0.2) is 44.9 Å². The Hall–Kier alpha value is -2.58. The first kappa shape index (κ1) is 18.8. The van der Waals surface area contributed by atoms with Crippen molar-refractivity contribution < 1.29 is 22.7 Å². The average molecular weight is 402 g/mol. The Morgan fingerprint density at radius 3 is 2.29 bits per heavy atom. The Morgan fingerprint density at radius 2 is 1.57 bits per heavy atom. The summed E-state index contributed by atoms with van der Waals surface area (Å²) < 4.78 is 37.8. The third-order valence-corrected chi connectivity index (χ3v) is 6.74. The van der Waals surface area contributed by atoms with E-state index in [4.69, 9.17) is 9.47 Å². The normalized spacial score (nSPS) is 17.1. The number of benzene rings is 2. The van der Waals surface area contributed by atoms with E-state index in [1.807, 2.05) is 0 Å². The van der Waals surface area contributed by atoms with Crippen molar-refractivity contribution in [1.29, 1.82) is 0 Å². The number of rotatable bonds is 4. The van der Waals surface area contributed by atoms with E-state index in [1.54, 1.807) is 18.2 Å². The van der Waals surface area contributed by atoms with Crippen LogP contribution < -0.4 is 14.8 Å². The summed E-state index contributed by atoms with van der Waals surface area (Å²) in [7, 11) is -3.48. The highest BCUT2D eigenvalue weighted by Gasteiger charge is 2.27. The van der Waals surface area contributed by atoms with Crippen molar-refractivity contribution in [2.45, 2.75) is 24.2 Å². The van der Waals surface area contributed by atoms with Crippen molar-refractivity contribution in [3.63, 3.8) is 0 Å². The molecule has 1 fully saturated rings. The predicted molar refractivity (Wildman–Crippen MR) is 104 cm³/mol. The number of fused-ring (bicyclic) bond motifs is 1. The van der Waals surface area contributed by atoms with Gasteiger partial charge < -0.3 is 14.8 Å². The van der Waals surface area contributed by atoms with Crippen LogP contribution in [0.5, 0.6) is 11.5 Å². The monoisotopic (exact) mass is 402 g/mol. The molecule has 2 aliphatic rings. The van der Waals surface area contributed by atoms with E-state index in [-0.39, 0.29) is 10.8 Å². The smallest absolute Gasteiger partial charge is 0.255 e. The summed E-state index contributed by atoms with van der Waals surface area (Å²) in [5, 5.41) is 2.81. The van der Waals surface area contributed by atoms with Gasteiger partial charge in [0.25, 0.3) is 5.91 Å². The van der Waals surface area contributed by atoms with Crippen molar-refractivity contribution in [3.8, 4) is 11.5 Å². The standard InChI is InChI=1S/C20H22N2O5S/c23-20(21-16-6-9-18-19(14-16)27-13-3-12-26-18)15-4-7-17(8-5-15)28(24,25)22-10-1-2-11-22/h4-9,14H,1-3,10-13H2,(H,21,23). The van der Waals surface area contributed by atoms with E-state index >= 15 is 0 Å². The van der Waals surface area contributed by atoms with Gasteiger partial charge >= 0.3 is 0 Å². The number of nitrogens with zero attached hydrogens (tertiary/aromatic N) is 1. The van der Waals surface area contributed by atoms with Crippen LogP contribution in [0.3, 0.4) is 0 Å². The summed E-state index contributed by atoms with van der Waals surface area (Å²) in [4.78, 5) is 12.7. The molecule has 0 unspecified atom stereocenters. The lowest BCUT2D eigenvalue weighted by Crippen LogP contribution is -2.27. The number of carbonyl (C=O) groups excluding carboxylic acids is 1. The fourth-order valence-corrected chi connectivity index (χ4v) is 4.82. The van der Waals surface area contributed by atoms with E-state index in [0.717, 1.165) is 19.3 Å². The molecule has 0 bridgehead atoms. The summed E-state index contributed by atoms with van der Waals surface area (Å²) in [5.41, 5.74) is 0.968. The van der Waals surface area contributed by atoms with E-state index in [2.05, 4.69) is 5.32 Å². The highest BCUT2D eigenvalue weighted by atomic mass is 32.2. The van der Waals surface area contributed by atoms with E-state index in [0.29, 0.717) is 49.1 Å². The molecule has 2 aromatic rings. The molecule has 28 heavy (non-hydrogen) atoms. The molecular formula is C20H22N2O5S. The molecule has 0 radical (unpaired) electrons. The van der Waals surface area contributed by atoms with Crippen molar-refractivity contribution in [3.05, 3.63) is 48.0 Å². The Bertz CT molecular complexity index is 967. The minimum atomic E-state index is -3.48. The zero-order valence-electron chi connectivity index (χ0n) is 15.4. The molecule has 2 aromatic carbocycles. The van der Waals surface area contributed by atoms with E-state index in [1.165, 1.54) is 28.6 Å². The van der Waals surface area contributed by atoms with Gasteiger partial charge in [0.05, 0.1) is 18.1 Å².